The van der Waals surface area contributed by atoms with Crippen molar-refractivity contribution in [2.75, 3.05) is 25.3 Å². The summed E-state index contributed by atoms with van der Waals surface area (Å²) in [6, 6.07) is 25.1. The lowest BCUT2D eigenvalue weighted by Crippen LogP contribution is -2.12. The van der Waals surface area contributed by atoms with Gasteiger partial charge >= 0.3 is 5.97 Å². The van der Waals surface area contributed by atoms with Crippen LogP contribution in [0.1, 0.15) is 22.3 Å². The molecule has 1 amide bonds. The van der Waals surface area contributed by atoms with Gasteiger partial charge in [0.2, 0.25) is 5.91 Å². The average molecular weight is 540 g/mol. The molecule has 0 radical (unpaired) electrons. The van der Waals surface area contributed by atoms with Gasteiger partial charge in [0.25, 0.3) is 0 Å². The number of carbonyl (C=O) groups is 2. The molecule has 9 heteroatoms. The summed E-state index contributed by atoms with van der Waals surface area (Å²) in [4.78, 5) is 28.4. The molecule has 3 aromatic carbocycles. The summed E-state index contributed by atoms with van der Waals surface area (Å²) in [5.74, 6) is 0.303. The van der Waals surface area contributed by atoms with Crippen LogP contribution in [0, 0.1) is 11.3 Å². The van der Waals surface area contributed by atoms with E-state index in [1.165, 1.54) is 23.9 Å². The third-order valence-corrected chi connectivity index (χ3v) is 6.83. The standard InChI is InChI=1S/C30H25N3O5S/c1-37-22-12-13-27(38-2)24(16-22)23-17-26(19-6-4-3-5-7-19)33-29(25(23)18-31)39-15-14-28(34)32-21-10-8-20(9-11-21)30(35)36/h3-13,16-17H,14-15H2,1-2H3,(H,32,34)(H,35,36). The molecule has 0 aliphatic carbocycles. The van der Waals surface area contributed by atoms with Gasteiger partial charge < -0.3 is 19.9 Å². The maximum absolute atomic E-state index is 12.6. The van der Waals surface area contributed by atoms with E-state index in [4.69, 9.17) is 19.6 Å². The smallest absolute Gasteiger partial charge is 0.335 e. The highest BCUT2D eigenvalue weighted by molar-refractivity contribution is 7.99. The minimum atomic E-state index is -1.03. The highest BCUT2D eigenvalue weighted by atomic mass is 32.2. The Hall–Kier alpha value is -4.81. The molecule has 1 aromatic heterocycles. The topological polar surface area (TPSA) is 122 Å². The van der Waals surface area contributed by atoms with Crippen molar-refractivity contribution >= 4 is 29.3 Å². The lowest BCUT2D eigenvalue weighted by Gasteiger charge is -2.15. The summed E-state index contributed by atoms with van der Waals surface area (Å²) >= 11 is 1.31. The number of rotatable bonds is 10. The van der Waals surface area contributed by atoms with E-state index in [1.54, 1.807) is 38.5 Å². The van der Waals surface area contributed by atoms with E-state index in [2.05, 4.69) is 11.4 Å². The Bertz CT molecular complexity index is 1530. The summed E-state index contributed by atoms with van der Waals surface area (Å²) in [5.41, 5.74) is 3.92. The number of hydrogen-bond donors (Lipinski definition) is 2. The minimum Gasteiger partial charge on any atom is -0.497 e. The van der Waals surface area contributed by atoms with Gasteiger partial charge in [0, 0.05) is 34.6 Å². The van der Waals surface area contributed by atoms with Gasteiger partial charge in [-0.2, -0.15) is 5.26 Å². The van der Waals surface area contributed by atoms with Crippen molar-refractivity contribution in [3.05, 3.63) is 90.0 Å². The molecular formula is C30H25N3O5S. The molecule has 0 spiro atoms. The van der Waals surface area contributed by atoms with Gasteiger partial charge in [-0.15, -0.1) is 11.8 Å². The van der Waals surface area contributed by atoms with Crippen molar-refractivity contribution in [3.8, 4) is 40.0 Å². The van der Waals surface area contributed by atoms with Crippen molar-refractivity contribution in [1.82, 2.24) is 4.98 Å². The normalized spacial score (nSPS) is 10.4. The second-order valence-electron chi connectivity index (χ2n) is 8.31. The highest BCUT2D eigenvalue weighted by Gasteiger charge is 2.19. The maximum Gasteiger partial charge on any atom is 0.335 e. The monoisotopic (exact) mass is 539 g/mol. The molecule has 0 aliphatic rings. The van der Waals surface area contributed by atoms with E-state index in [-0.39, 0.29) is 17.9 Å². The molecule has 0 fully saturated rings. The SMILES string of the molecule is COc1ccc(OC)c(-c2cc(-c3ccccc3)nc(SCCC(=O)Nc3ccc(C(=O)O)cc3)c2C#N)c1. The second kappa shape index (κ2) is 12.6. The third kappa shape index (κ3) is 6.55. The predicted molar refractivity (Wildman–Crippen MR) is 150 cm³/mol. The molecule has 0 unspecified atom stereocenters. The van der Waals surface area contributed by atoms with Gasteiger partial charge in [-0.1, -0.05) is 30.3 Å². The fourth-order valence-corrected chi connectivity index (χ4v) is 4.83. The Morgan fingerprint density at radius 1 is 0.974 bits per heavy atom. The number of anilines is 1. The fourth-order valence-electron chi connectivity index (χ4n) is 3.89. The zero-order valence-corrected chi connectivity index (χ0v) is 22.1. The molecule has 0 saturated carbocycles. The van der Waals surface area contributed by atoms with Crippen molar-refractivity contribution < 1.29 is 24.2 Å². The first kappa shape index (κ1) is 27.2. The number of nitrogens with zero attached hydrogens (tertiary/aromatic N) is 2. The molecular weight excluding hydrogens is 514 g/mol. The largest absolute Gasteiger partial charge is 0.497 e. The second-order valence-corrected chi connectivity index (χ2v) is 9.39. The van der Waals surface area contributed by atoms with Crippen LogP contribution in [-0.4, -0.2) is 41.9 Å². The molecule has 1 heterocycles. The number of carboxylic acids is 1. The number of hydrogen-bond acceptors (Lipinski definition) is 7. The van der Waals surface area contributed by atoms with E-state index in [1.807, 2.05) is 42.5 Å². The Kier molecular flexibility index (Phi) is 8.82. The molecule has 4 rings (SSSR count). The minimum absolute atomic E-state index is 0.139. The van der Waals surface area contributed by atoms with Crippen molar-refractivity contribution in [3.63, 3.8) is 0 Å². The van der Waals surface area contributed by atoms with Gasteiger partial charge in [0.15, 0.2) is 0 Å². The number of aromatic nitrogens is 1. The molecule has 8 nitrogen and oxygen atoms in total. The lowest BCUT2D eigenvalue weighted by atomic mass is 9.98. The summed E-state index contributed by atoms with van der Waals surface area (Å²) in [6.45, 7) is 0. The zero-order valence-electron chi connectivity index (χ0n) is 21.3. The van der Waals surface area contributed by atoms with Crippen LogP contribution in [0.5, 0.6) is 11.5 Å². The molecule has 0 bridgehead atoms. The molecule has 0 atom stereocenters. The van der Waals surface area contributed by atoms with Gasteiger partial charge in [-0.3, -0.25) is 4.79 Å². The van der Waals surface area contributed by atoms with Gasteiger partial charge in [0.05, 0.1) is 31.0 Å². The number of nitrogens with one attached hydrogen (secondary N) is 1. The Morgan fingerprint density at radius 3 is 2.36 bits per heavy atom. The number of aromatic carboxylic acids is 1. The van der Waals surface area contributed by atoms with Crippen LogP contribution < -0.4 is 14.8 Å². The van der Waals surface area contributed by atoms with Crippen LogP contribution in [0.2, 0.25) is 0 Å². The maximum atomic E-state index is 12.6. The third-order valence-electron chi connectivity index (χ3n) is 5.85. The first-order valence-corrected chi connectivity index (χ1v) is 12.9. The summed E-state index contributed by atoms with van der Waals surface area (Å²) < 4.78 is 11.0. The van der Waals surface area contributed by atoms with E-state index in [9.17, 15) is 14.9 Å². The van der Waals surface area contributed by atoms with E-state index in [0.717, 1.165) is 5.56 Å². The van der Waals surface area contributed by atoms with Crippen LogP contribution >= 0.6 is 11.8 Å². The van der Waals surface area contributed by atoms with Crippen molar-refractivity contribution in [1.29, 1.82) is 5.26 Å². The van der Waals surface area contributed by atoms with Crippen LogP contribution in [0.4, 0.5) is 5.69 Å². The lowest BCUT2D eigenvalue weighted by molar-refractivity contribution is -0.115. The van der Waals surface area contributed by atoms with Crippen molar-refractivity contribution in [2.24, 2.45) is 0 Å². The van der Waals surface area contributed by atoms with Crippen LogP contribution in [-0.2, 0) is 4.79 Å². The number of benzene rings is 3. The Balaban J connectivity index is 1.63. The van der Waals surface area contributed by atoms with E-state index >= 15 is 0 Å². The number of carboxylic acid groups (broad SMARTS) is 1. The fraction of sp³-hybridized carbons (Fsp3) is 0.133. The number of carbonyl (C=O) groups excluding carboxylic acids is 1. The molecule has 196 valence electrons. The number of amides is 1. The van der Waals surface area contributed by atoms with Crippen molar-refractivity contribution in [2.45, 2.75) is 11.4 Å². The zero-order chi connectivity index (χ0) is 27.8. The molecule has 4 aromatic rings. The summed E-state index contributed by atoms with van der Waals surface area (Å²) in [6.07, 6.45) is 0.158. The highest BCUT2D eigenvalue weighted by Crippen LogP contribution is 2.40. The summed E-state index contributed by atoms with van der Waals surface area (Å²) in [7, 11) is 3.14. The average Bonchev–Trinajstić information content (AvgIpc) is 2.97. The van der Waals surface area contributed by atoms with Crippen LogP contribution in [0.25, 0.3) is 22.4 Å². The van der Waals surface area contributed by atoms with Gasteiger partial charge in [0.1, 0.15) is 22.6 Å². The van der Waals surface area contributed by atoms with E-state index in [0.29, 0.717) is 50.3 Å². The van der Waals surface area contributed by atoms with Gasteiger partial charge in [-0.05, 0) is 48.5 Å². The molecule has 39 heavy (non-hydrogen) atoms. The number of ether oxygens (including phenoxy) is 2. The Morgan fingerprint density at radius 2 is 1.72 bits per heavy atom. The van der Waals surface area contributed by atoms with Crippen LogP contribution in [0.15, 0.2) is 83.9 Å². The number of thioether (sulfide) groups is 1. The molecule has 0 aliphatic heterocycles. The number of nitriles is 1. The summed E-state index contributed by atoms with van der Waals surface area (Å²) in [5, 5.41) is 22.5. The number of pyridine rings is 1. The predicted octanol–water partition coefficient (Wildman–Crippen LogP) is 6.12. The number of methoxy groups -OCH3 is 2. The first-order chi connectivity index (χ1) is 18.9. The molecule has 2 N–H and O–H groups in total. The quantitative estimate of drug-likeness (QED) is 0.231. The van der Waals surface area contributed by atoms with E-state index < -0.39 is 5.97 Å². The first-order valence-electron chi connectivity index (χ1n) is 11.9. The molecule has 0 saturated heterocycles. The Labute approximate surface area is 230 Å². The van der Waals surface area contributed by atoms with Crippen LogP contribution in [0.3, 0.4) is 0 Å². The van der Waals surface area contributed by atoms with Gasteiger partial charge in [-0.25, -0.2) is 9.78 Å².